The number of aliphatic carboxylic acids is 1. The van der Waals surface area contributed by atoms with Crippen LogP contribution in [0.2, 0.25) is 0 Å². The molecule has 1 aromatic rings. The van der Waals surface area contributed by atoms with E-state index in [4.69, 9.17) is 9.47 Å². The smallest absolute Gasteiger partial charge is 0.335 e. The maximum Gasteiger partial charge on any atom is 0.335 e. The summed E-state index contributed by atoms with van der Waals surface area (Å²) in [4.78, 5) is 11.3. The van der Waals surface area contributed by atoms with Gasteiger partial charge in [-0.05, 0) is 41.7 Å². The summed E-state index contributed by atoms with van der Waals surface area (Å²) in [6.07, 6.45) is -5.75. The van der Waals surface area contributed by atoms with Gasteiger partial charge in [0, 0.05) is 0 Å². The maximum absolute atomic E-state index is 11.3. The Morgan fingerprint density at radius 1 is 1.07 bits per heavy atom. The van der Waals surface area contributed by atoms with E-state index in [2.05, 4.69) is 6.92 Å². The Morgan fingerprint density at radius 2 is 1.70 bits per heavy atom. The predicted molar refractivity (Wildman–Crippen MR) is 96.6 cm³/mol. The molecule has 0 bridgehead atoms. The minimum Gasteiger partial charge on any atom is -0.479 e. The van der Waals surface area contributed by atoms with E-state index in [1.54, 1.807) is 0 Å². The summed E-state index contributed by atoms with van der Waals surface area (Å²) in [7, 11) is 0. The fourth-order valence-electron chi connectivity index (χ4n) is 3.64. The van der Waals surface area contributed by atoms with Gasteiger partial charge in [0.1, 0.15) is 24.1 Å². The van der Waals surface area contributed by atoms with Crippen LogP contribution in [0.15, 0.2) is 18.2 Å². The molecule has 0 amide bonds. The molecule has 1 aliphatic heterocycles. The number of aliphatic hydroxyl groups is 3. The number of rotatable bonds is 6. The third-order valence-corrected chi connectivity index (χ3v) is 5.56. The van der Waals surface area contributed by atoms with Gasteiger partial charge >= 0.3 is 5.97 Å². The van der Waals surface area contributed by atoms with Crippen LogP contribution in [0, 0.1) is 5.92 Å². The Morgan fingerprint density at radius 3 is 2.26 bits per heavy atom. The average molecular weight is 380 g/mol. The van der Waals surface area contributed by atoms with Crippen molar-refractivity contribution in [3.05, 3.63) is 29.3 Å². The number of para-hydroxylation sites is 1. The molecule has 3 rings (SSSR count). The van der Waals surface area contributed by atoms with Crippen LogP contribution in [0.3, 0.4) is 0 Å². The highest BCUT2D eigenvalue weighted by atomic mass is 16.7. The molecular formula is C20H28O7. The largest absolute Gasteiger partial charge is 0.479 e. The molecule has 2 aliphatic rings. The van der Waals surface area contributed by atoms with E-state index in [0.29, 0.717) is 11.7 Å². The van der Waals surface area contributed by atoms with Gasteiger partial charge in [-0.3, -0.25) is 0 Å². The molecule has 2 fully saturated rings. The van der Waals surface area contributed by atoms with Crippen molar-refractivity contribution in [1.82, 2.24) is 0 Å². The number of hydrogen-bond donors (Lipinski definition) is 4. The maximum atomic E-state index is 11.3. The summed E-state index contributed by atoms with van der Waals surface area (Å²) in [6.45, 7) is 6.16. The first-order valence-corrected chi connectivity index (χ1v) is 9.44. The van der Waals surface area contributed by atoms with E-state index >= 15 is 0 Å². The summed E-state index contributed by atoms with van der Waals surface area (Å²) < 4.78 is 11.3. The highest BCUT2D eigenvalue weighted by molar-refractivity contribution is 5.73. The van der Waals surface area contributed by atoms with E-state index < -0.39 is 36.7 Å². The Labute approximate surface area is 158 Å². The van der Waals surface area contributed by atoms with Crippen LogP contribution in [-0.2, 0) is 9.53 Å². The van der Waals surface area contributed by atoms with Crippen molar-refractivity contribution in [2.24, 2.45) is 5.92 Å². The molecule has 1 saturated carbocycles. The fourth-order valence-corrected chi connectivity index (χ4v) is 3.64. The second kappa shape index (κ2) is 7.75. The normalized spacial score (nSPS) is 32.3. The molecule has 7 heteroatoms. The van der Waals surface area contributed by atoms with Crippen molar-refractivity contribution in [1.29, 1.82) is 0 Å². The van der Waals surface area contributed by atoms with Gasteiger partial charge in [0.05, 0.1) is 0 Å². The summed E-state index contributed by atoms with van der Waals surface area (Å²) in [5, 5.41) is 39.4. The molecule has 1 aliphatic carbocycles. The van der Waals surface area contributed by atoms with Gasteiger partial charge in [0.25, 0.3) is 0 Å². The Kier molecular flexibility index (Phi) is 5.76. The first kappa shape index (κ1) is 20.1. The van der Waals surface area contributed by atoms with Gasteiger partial charge in [-0.1, -0.05) is 39.0 Å². The zero-order valence-corrected chi connectivity index (χ0v) is 15.8. The minimum absolute atomic E-state index is 0.137. The monoisotopic (exact) mass is 380 g/mol. The van der Waals surface area contributed by atoms with Crippen LogP contribution in [0.4, 0.5) is 0 Å². The fraction of sp³-hybridized carbons (Fsp3) is 0.650. The lowest BCUT2D eigenvalue weighted by Crippen LogP contribution is -2.61. The molecule has 6 atom stereocenters. The van der Waals surface area contributed by atoms with Crippen LogP contribution in [0.1, 0.15) is 56.6 Å². The highest BCUT2D eigenvalue weighted by Gasteiger charge is 2.48. The molecule has 7 nitrogen and oxygen atoms in total. The van der Waals surface area contributed by atoms with E-state index in [9.17, 15) is 25.2 Å². The third-order valence-electron chi connectivity index (χ3n) is 5.56. The SMILES string of the molecule is CC(C)c1cccc([C@H](C)C2CC2)c1O[C@@H]1O[C@H](C(=O)O)[C@@H](O)[C@H](O)[C@H]1O. The summed E-state index contributed by atoms with van der Waals surface area (Å²) in [5.74, 6) is 0.101. The number of hydrogen-bond acceptors (Lipinski definition) is 6. The van der Waals surface area contributed by atoms with Crippen molar-refractivity contribution in [2.75, 3.05) is 0 Å². The van der Waals surface area contributed by atoms with Crippen molar-refractivity contribution in [2.45, 2.75) is 76.2 Å². The molecule has 27 heavy (non-hydrogen) atoms. The Bertz CT molecular complexity index is 685. The second-order valence-corrected chi connectivity index (χ2v) is 7.90. The van der Waals surface area contributed by atoms with Gasteiger partial charge in [0.15, 0.2) is 6.10 Å². The number of carboxylic acid groups (broad SMARTS) is 1. The average Bonchev–Trinajstić information content (AvgIpc) is 3.46. The van der Waals surface area contributed by atoms with Gasteiger partial charge in [-0.25, -0.2) is 4.79 Å². The molecular weight excluding hydrogens is 352 g/mol. The molecule has 0 unspecified atom stereocenters. The highest BCUT2D eigenvalue weighted by Crippen LogP contribution is 2.47. The Balaban J connectivity index is 1.94. The van der Waals surface area contributed by atoms with E-state index in [0.717, 1.165) is 24.0 Å². The lowest BCUT2D eigenvalue weighted by Gasteiger charge is -2.39. The third kappa shape index (κ3) is 3.96. The predicted octanol–water partition coefficient (Wildman–Crippen LogP) is 1.59. The van der Waals surface area contributed by atoms with Crippen LogP contribution < -0.4 is 4.74 Å². The van der Waals surface area contributed by atoms with E-state index in [1.165, 1.54) is 0 Å². The molecule has 0 aromatic heterocycles. The van der Waals surface area contributed by atoms with Crippen LogP contribution >= 0.6 is 0 Å². The summed E-state index contributed by atoms with van der Waals surface area (Å²) in [5.41, 5.74) is 1.90. The lowest BCUT2D eigenvalue weighted by atomic mass is 9.90. The standard InChI is InChI=1S/C20H28O7/c1-9(2)12-5-4-6-13(10(3)11-7-8-11)17(12)26-20-16(23)14(21)15(22)18(27-20)19(24)25/h4-6,9-11,14-16,18,20-23H,7-8H2,1-3H3,(H,24,25)/t10-,14+,15+,16-,18+,20-/m1/s1. The first-order valence-electron chi connectivity index (χ1n) is 9.44. The van der Waals surface area contributed by atoms with E-state index in [-0.39, 0.29) is 11.8 Å². The first-order chi connectivity index (χ1) is 12.7. The minimum atomic E-state index is -1.73. The lowest BCUT2D eigenvalue weighted by molar-refractivity contribution is -0.271. The van der Waals surface area contributed by atoms with Crippen molar-refractivity contribution in [3.8, 4) is 5.75 Å². The molecule has 0 spiro atoms. The zero-order chi connectivity index (χ0) is 19.9. The topological polar surface area (TPSA) is 116 Å². The molecule has 4 N–H and O–H groups in total. The molecule has 0 radical (unpaired) electrons. The molecule has 1 saturated heterocycles. The molecule has 1 heterocycles. The van der Waals surface area contributed by atoms with Crippen molar-refractivity contribution >= 4 is 5.97 Å². The Hall–Kier alpha value is -1.67. The van der Waals surface area contributed by atoms with Gasteiger partial charge in [-0.2, -0.15) is 0 Å². The summed E-state index contributed by atoms with van der Waals surface area (Å²) >= 11 is 0. The number of carboxylic acids is 1. The number of aliphatic hydroxyl groups excluding tert-OH is 3. The molecule has 1 aromatic carbocycles. The van der Waals surface area contributed by atoms with E-state index in [1.807, 2.05) is 32.0 Å². The van der Waals surface area contributed by atoms with Crippen LogP contribution in [0.5, 0.6) is 5.75 Å². The van der Waals surface area contributed by atoms with Crippen molar-refractivity contribution in [3.63, 3.8) is 0 Å². The van der Waals surface area contributed by atoms with Crippen molar-refractivity contribution < 1.29 is 34.7 Å². The second-order valence-electron chi connectivity index (χ2n) is 7.90. The number of ether oxygens (including phenoxy) is 2. The number of carbonyl (C=O) groups is 1. The summed E-state index contributed by atoms with van der Waals surface area (Å²) in [6, 6.07) is 5.87. The zero-order valence-electron chi connectivity index (χ0n) is 15.8. The quantitative estimate of drug-likeness (QED) is 0.592. The van der Waals surface area contributed by atoms with Gasteiger partial charge in [0.2, 0.25) is 6.29 Å². The van der Waals surface area contributed by atoms with Crippen LogP contribution in [0.25, 0.3) is 0 Å². The van der Waals surface area contributed by atoms with Gasteiger partial charge < -0.3 is 29.9 Å². The molecule has 150 valence electrons. The van der Waals surface area contributed by atoms with Crippen LogP contribution in [-0.4, -0.2) is 57.1 Å². The van der Waals surface area contributed by atoms with Gasteiger partial charge in [-0.15, -0.1) is 0 Å². The number of benzene rings is 1.